The van der Waals surface area contributed by atoms with Gasteiger partial charge in [0.1, 0.15) is 5.75 Å². The molecule has 1 fully saturated rings. The first-order valence-corrected chi connectivity index (χ1v) is 7.32. The Morgan fingerprint density at radius 1 is 1.28 bits per heavy atom. The van der Waals surface area contributed by atoms with E-state index in [2.05, 4.69) is 44.5 Å². The minimum absolute atomic E-state index is 0.807. The molecular formula is C17H25O. The van der Waals surface area contributed by atoms with Gasteiger partial charge in [-0.25, -0.2) is 0 Å². The Bertz CT molecular complexity index is 352. The van der Waals surface area contributed by atoms with E-state index >= 15 is 0 Å². The Hall–Kier alpha value is -0.980. The SMILES string of the molecule is CC(C)CCCCOc1cccc([CH]C2CC2)c1. The zero-order valence-electron chi connectivity index (χ0n) is 11.7. The van der Waals surface area contributed by atoms with E-state index in [1.807, 2.05) is 0 Å². The van der Waals surface area contributed by atoms with E-state index in [1.165, 1.54) is 31.2 Å². The van der Waals surface area contributed by atoms with Crippen LogP contribution in [0, 0.1) is 18.3 Å². The van der Waals surface area contributed by atoms with E-state index in [0.717, 1.165) is 30.6 Å². The summed E-state index contributed by atoms with van der Waals surface area (Å²) in [5.41, 5.74) is 1.32. The molecule has 99 valence electrons. The fourth-order valence-corrected chi connectivity index (χ4v) is 2.09. The maximum Gasteiger partial charge on any atom is 0.119 e. The maximum atomic E-state index is 5.81. The molecule has 1 saturated carbocycles. The van der Waals surface area contributed by atoms with Crippen molar-refractivity contribution in [2.24, 2.45) is 11.8 Å². The molecule has 1 heteroatoms. The number of unbranched alkanes of at least 4 members (excludes halogenated alkanes) is 1. The molecule has 0 amide bonds. The van der Waals surface area contributed by atoms with Gasteiger partial charge in [-0.05, 0) is 61.6 Å². The Morgan fingerprint density at radius 2 is 2.11 bits per heavy atom. The van der Waals surface area contributed by atoms with E-state index < -0.39 is 0 Å². The summed E-state index contributed by atoms with van der Waals surface area (Å²) in [6.07, 6.45) is 8.82. The molecule has 0 saturated heterocycles. The summed E-state index contributed by atoms with van der Waals surface area (Å²) in [4.78, 5) is 0. The molecule has 0 heterocycles. The van der Waals surface area contributed by atoms with Gasteiger partial charge in [0.2, 0.25) is 0 Å². The van der Waals surface area contributed by atoms with Crippen LogP contribution < -0.4 is 4.74 Å². The van der Waals surface area contributed by atoms with E-state index in [1.54, 1.807) is 0 Å². The van der Waals surface area contributed by atoms with Crippen LogP contribution in [0.1, 0.15) is 51.5 Å². The Morgan fingerprint density at radius 3 is 2.83 bits per heavy atom. The largest absolute Gasteiger partial charge is 0.494 e. The van der Waals surface area contributed by atoms with Crippen LogP contribution in [0.5, 0.6) is 5.75 Å². The topological polar surface area (TPSA) is 9.23 Å². The third-order valence-corrected chi connectivity index (χ3v) is 3.35. The van der Waals surface area contributed by atoms with Crippen LogP contribution in [0.2, 0.25) is 0 Å². The van der Waals surface area contributed by atoms with Crippen molar-refractivity contribution in [2.45, 2.75) is 46.0 Å². The lowest BCUT2D eigenvalue weighted by atomic mass is 10.1. The fourth-order valence-electron chi connectivity index (χ4n) is 2.09. The van der Waals surface area contributed by atoms with Crippen molar-refractivity contribution in [1.29, 1.82) is 0 Å². The maximum absolute atomic E-state index is 5.81. The molecule has 2 rings (SSSR count). The smallest absolute Gasteiger partial charge is 0.119 e. The summed E-state index contributed by atoms with van der Waals surface area (Å²) >= 11 is 0. The summed E-state index contributed by atoms with van der Waals surface area (Å²) in [6, 6.07) is 8.50. The van der Waals surface area contributed by atoms with Gasteiger partial charge in [0.25, 0.3) is 0 Å². The van der Waals surface area contributed by atoms with Gasteiger partial charge in [-0.1, -0.05) is 32.4 Å². The van der Waals surface area contributed by atoms with Crippen molar-refractivity contribution in [3.8, 4) is 5.75 Å². The summed E-state index contributed by atoms with van der Waals surface area (Å²) < 4.78 is 5.81. The molecule has 1 aliphatic carbocycles. The van der Waals surface area contributed by atoms with Gasteiger partial charge >= 0.3 is 0 Å². The van der Waals surface area contributed by atoms with Gasteiger partial charge in [-0.15, -0.1) is 0 Å². The van der Waals surface area contributed by atoms with Gasteiger partial charge in [-0.2, -0.15) is 0 Å². The van der Waals surface area contributed by atoms with Crippen molar-refractivity contribution >= 4 is 0 Å². The molecule has 1 nitrogen and oxygen atoms in total. The molecule has 18 heavy (non-hydrogen) atoms. The molecule has 0 aliphatic heterocycles. The standard InChI is InChI=1S/C17H25O/c1-14(2)6-3-4-11-18-17-8-5-7-16(13-17)12-15-9-10-15/h5,7-8,12-15H,3-4,6,9-11H2,1-2H3. The van der Waals surface area contributed by atoms with Crippen LogP contribution in [0.25, 0.3) is 0 Å². The number of hydrogen-bond donors (Lipinski definition) is 0. The number of rotatable bonds is 8. The molecule has 0 spiro atoms. The number of benzene rings is 1. The van der Waals surface area contributed by atoms with Gasteiger partial charge in [0.15, 0.2) is 0 Å². The Balaban J connectivity index is 1.68. The minimum atomic E-state index is 0.807. The van der Waals surface area contributed by atoms with Crippen LogP contribution >= 0.6 is 0 Å². The molecular weight excluding hydrogens is 220 g/mol. The third-order valence-electron chi connectivity index (χ3n) is 3.35. The van der Waals surface area contributed by atoms with Gasteiger partial charge in [0.05, 0.1) is 6.61 Å². The first-order chi connectivity index (χ1) is 8.74. The Kier molecular flexibility index (Phi) is 5.10. The molecule has 0 aromatic heterocycles. The van der Waals surface area contributed by atoms with Crippen LogP contribution in [-0.4, -0.2) is 6.61 Å². The molecule has 1 aliphatic rings. The normalized spacial score (nSPS) is 15.1. The fraction of sp³-hybridized carbons (Fsp3) is 0.588. The molecule has 1 radical (unpaired) electrons. The molecule has 1 aromatic rings. The number of hydrogen-bond acceptors (Lipinski definition) is 1. The van der Waals surface area contributed by atoms with E-state index in [0.29, 0.717) is 0 Å². The second-order valence-corrected chi connectivity index (χ2v) is 5.81. The van der Waals surface area contributed by atoms with Crippen molar-refractivity contribution in [2.75, 3.05) is 6.61 Å². The van der Waals surface area contributed by atoms with Crippen molar-refractivity contribution in [1.82, 2.24) is 0 Å². The zero-order valence-corrected chi connectivity index (χ0v) is 11.7. The number of ether oxygens (including phenoxy) is 1. The molecule has 1 aromatic carbocycles. The molecule has 0 unspecified atom stereocenters. The highest BCUT2D eigenvalue weighted by Crippen LogP contribution is 2.34. The first kappa shape index (κ1) is 13.5. The summed E-state index contributed by atoms with van der Waals surface area (Å²) in [5.74, 6) is 2.65. The second-order valence-electron chi connectivity index (χ2n) is 5.81. The molecule has 0 N–H and O–H groups in total. The predicted octanol–water partition coefficient (Wildman–Crippen LogP) is 4.85. The second kappa shape index (κ2) is 6.82. The first-order valence-electron chi connectivity index (χ1n) is 7.32. The van der Waals surface area contributed by atoms with E-state index in [4.69, 9.17) is 4.74 Å². The van der Waals surface area contributed by atoms with Crippen molar-refractivity contribution in [3.63, 3.8) is 0 Å². The predicted molar refractivity (Wildman–Crippen MR) is 76.8 cm³/mol. The monoisotopic (exact) mass is 245 g/mol. The highest BCUT2D eigenvalue weighted by atomic mass is 16.5. The third kappa shape index (κ3) is 5.12. The average molecular weight is 245 g/mol. The summed E-state index contributed by atoms with van der Waals surface area (Å²) in [7, 11) is 0. The van der Waals surface area contributed by atoms with Crippen LogP contribution in [0.4, 0.5) is 0 Å². The highest BCUT2D eigenvalue weighted by Gasteiger charge is 2.21. The quantitative estimate of drug-likeness (QED) is 0.595. The summed E-state index contributed by atoms with van der Waals surface area (Å²) in [6.45, 7) is 5.40. The lowest BCUT2D eigenvalue weighted by Crippen LogP contribution is -1.99. The lowest BCUT2D eigenvalue weighted by molar-refractivity contribution is 0.301. The highest BCUT2D eigenvalue weighted by molar-refractivity contribution is 5.34. The van der Waals surface area contributed by atoms with Gasteiger partial charge < -0.3 is 4.74 Å². The molecule has 0 atom stereocenters. The average Bonchev–Trinajstić information content (AvgIpc) is 3.13. The summed E-state index contributed by atoms with van der Waals surface area (Å²) in [5, 5.41) is 0. The van der Waals surface area contributed by atoms with E-state index in [-0.39, 0.29) is 0 Å². The Labute approximate surface area is 112 Å². The van der Waals surface area contributed by atoms with E-state index in [9.17, 15) is 0 Å². The lowest BCUT2D eigenvalue weighted by Gasteiger charge is -2.08. The van der Waals surface area contributed by atoms with Gasteiger partial charge in [-0.3, -0.25) is 0 Å². The van der Waals surface area contributed by atoms with Crippen molar-refractivity contribution in [3.05, 3.63) is 36.2 Å². The van der Waals surface area contributed by atoms with Crippen LogP contribution in [0.3, 0.4) is 0 Å². The zero-order chi connectivity index (χ0) is 12.8. The van der Waals surface area contributed by atoms with Crippen LogP contribution in [-0.2, 0) is 0 Å². The van der Waals surface area contributed by atoms with Crippen molar-refractivity contribution < 1.29 is 4.74 Å². The van der Waals surface area contributed by atoms with Gasteiger partial charge in [0, 0.05) is 0 Å². The minimum Gasteiger partial charge on any atom is -0.494 e. The molecule has 0 bridgehead atoms. The van der Waals surface area contributed by atoms with Crippen LogP contribution in [0.15, 0.2) is 24.3 Å².